The Morgan fingerprint density at radius 2 is 1.48 bits per heavy atom. The summed E-state index contributed by atoms with van der Waals surface area (Å²) in [6, 6.07) is 27.4. The zero-order valence-corrected chi connectivity index (χ0v) is 23.9. The van der Waals surface area contributed by atoms with E-state index < -0.39 is 11.8 Å². The fourth-order valence-corrected chi connectivity index (χ4v) is 4.73. The Hall–Kier alpha value is -3.75. The predicted octanol–water partition coefficient (Wildman–Crippen LogP) is 7.79. The highest BCUT2D eigenvalue weighted by Gasteiger charge is 2.16. The number of anilines is 2. The number of amides is 3. The Morgan fingerprint density at radius 1 is 0.750 bits per heavy atom. The minimum atomic E-state index is -0.554. The molecule has 40 heavy (non-hydrogen) atoms. The van der Waals surface area contributed by atoms with Gasteiger partial charge in [-0.2, -0.15) is 0 Å². The number of rotatable bonds is 9. The number of carbonyl (C=O) groups excluding carboxylic acids is 3. The van der Waals surface area contributed by atoms with Gasteiger partial charge in [0, 0.05) is 26.9 Å². The van der Waals surface area contributed by atoms with Crippen LogP contribution in [0.25, 0.3) is 6.08 Å². The Morgan fingerprint density at radius 3 is 2.20 bits per heavy atom. The minimum absolute atomic E-state index is 0.0193. The summed E-state index contributed by atoms with van der Waals surface area (Å²) in [6.07, 6.45) is 1.47. The van der Waals surface area contributed by atoms with Gasteiger partial charge in [-0.25, -0.2) is 0 Å². The van der Waals surface area contributed by atoms with Crippen molar-refractivity contribution in [2.24, 2.45) is 0 Å². The molecule has 202 valence electrons. The SMILES string of the molecule is O=C(CSc1ccc(NC(=O)/C(=C/c2cccc(Cl)c2Cl)NC(=O)c2ccccc2)cc1)Nc1cccc(Cl)c1. The molecule has 6 nitrogen and oxygen atoms in total. The molecule has 0 bridgehead atoms. The van der Waals surface area contributed by atoms with Crippen LogP contribution in [-0.4, -0.2) is 23.5 Å². The molecule has 3 N–H and O–H groups in total. The van der Waals surface area contributed by atoms with Crippen LogP contribution in [0.3, 0.4) is 0 Å². The largest absolute Gasteiger partial charge is 0.325 e. The van der Waals surface area contributed by atoms with Crippen molar-refractivity contribution in [3.05, 3.63) is 129 Å². The van der Waals surface area contributed by atoms with Crippen LogP contribution in [0.2, 0.25) is 15.1 Å². The second-order valence-electron chi connectivity index (χ2n) is 8.35. The lowest BCUT2D eigenvalue weighted by Gasteiger charge is -2.12. The molecule has 0 aromatic heterocycles. The van der Waals surface area contributed by atoms with Crippen molar-refractivity contribution in [3.63, 3.8) is 0 Å². The van der Waals surface area contributed by atoms with Gasteiger partial charge in [0.2, 0.25) is 5.91 Å². The lowest BCUT2D eigenvalue weighted by atomic mass is 10.1. The van der Waals surface area contributed by atoms with Crippen LogP contribution in [0.15, 0.2) is 108 Å². The maximum atomic E-state index is 13.2. The Balaban J connectivity index is 1.43. The van der Waals surface area contributed by atoms with Crippen LogP contribution < -0.4 is 16.0 Å². The number of hydrogen-bond acceptors (Lipinski definition) is 4. The summed E-state index contributed by atoms with van der Waals surface area (Å²) in [5.41, 5.74) is 1.96. The van der Waals surface area contributed by atoms with Crippen LogP contribution in [0, 0.1) is 0 Å². The molecule has 0 aliphatic heterocycles. The van der Waals surface area contributed by atoms with Crippen molar-refractivity contribution in [2.75, 3.05) is 16.4 Å². The second kappa shape index (κ2) is 14.1. The molecule has 4 aromatic carbocycles. The van der Waals surface area contributed by atoms with Crippen molar-refractivity contribution >= 4 is 81.7 Å². The summed E-state index contributed by atoms with van der Waals surface area (Å²) in [4.78, 5) is 39.2. The van der Waals surface area contributed by atoms with Crippen LogP contribution in [0.4, 0.5) is 11.4 Å². The summed E-state index contributed by atoms with van der Waals surface area (Å²) in [5, 5.41) is 9.36. The summed E-state index contributed by atoms with van der Waals surface area (Å²) < 4.78 is 0. The molecule has 0 radical (unpaired) electrons. The molecule has 0 fully saturated rings. The van der Waals surface area contributed by atoms with E-state index in [0.29, 0.717) is 32.5 Å². The van der Waals surface area contributed by atoms with Crippen LogP contribution >= 0.6 is 46.6 Å². The van der Waals surface area contributed by atoms with Crippen LogP contribution in [0.1, 0.15) is 15.9 Å². The highest BCUT2D eigenvalue weighted by atomic mass is 35.5. The van der Waals surface area contributed by atoms with Gasteiger partial charge in [-0.3, -0.25) is 14.4 Å². The standard InChI is InChI=1S/C30H22Cl3N3O3S/c31-21-9-5-10-23(17-21)34-27(37)18-40-24-14-12-22(13-15-24)35-30(39)26(16-20-8-4-11-25(32)28(20)33)36-29(38)19-6-2-1-3-7-19/h1-17H,18H2,(H,34,37)(H,35,39)(H,36,38)/b26-16-. The van der Waals surface area contributed by atoms with Crippen molar-refractivity contribution in [1.82, 2.24) is 5.32 Å². The normalized spacial score (nSPS) is 11.0. The van der Waals surface area contributed by atoms with Crippen molar-refractivity contribution < 1.29 is 14.4 Å². The van der Waals surface area contributed by atoms with Crippen molar-refractivity contribution in [2.45, 2.75) is 4.90 Å². The lowest BCUT2D eigenvalue weighted by Crippen LogP contribution is -2.30. The Bertz CT molecular complexity index is 1560. The molecule has 0 heterocycles. The minimum Gasteiger partial charge on any atom is -0.325 e. The lowest BCUT2D eigenvalue weighted by molar-refractivity contribution is -0.114. The molecule has 0 saturated carbocycles. The predicted molar refractivity (Wildman–Crippen MR) is 164 cm³/mol. The molecule has 0 spiro atoms. The summed E-state index contributed by atoms with van der Waals surface area (Å²) in [6.45, 7) is 0. The van der Waals surface area contributed by atoms with Gasteiger partial charge in [-0.15, -0.1) is 11.8 Å². The van der Waals surface area contributed by atoms with Gasteiger partial charge in [0.15, 0.2) is 0 Å². The number of nitrogens with one attached hydrogen (secondary N) is 3. The third-order valence-corrected chi connectivity index (χ3v) is 7.48. The molecule has 0 unspecified atom stereocenters. The topological polar surface area (TPSA) is 87.3 Å². The average molecular weight is 611 g/mol. The monoisotopic (exact) mass is 609 g/mol. The van der Waals surface area contributed by atoms with E-state index in [0.717, 1.165) is 4.90 Å². The van der Waals surface area contributed by atoms with Gasteiger partial charge in [0.1, 0.15) is 5.70 Å². The molecule has 4 aromatic rings. The first-order chi connectivity index (χ1) is 19.3. The zero-order chi connectivity index (χ0) is 28.5. The van der Waals surface area contributed by atoms with Gasteiger partial charge < -0.3 is 16.0 Å². The Kier molecular flexibility index (Phi) is 10.3. The highest BCUT2D eigenvalue weighted by molar-refractivity contribution is 8.00. The number of thioether (sulfide) groups is 1. The van der Waals surface area contributed by atoms with Crippen LogP contribution in [0.5, 0.6) is 0 Å². The molecule has 0 aliphatic rings. The summed E-state index contributed by atoms with van der Waals surface area (Å²) in [5.74, 6) is -0.991. The first-order valence-corrected chi connectivity index (χ1v) is 14.0. The van der Waals surface area contributed by atoms with E-state index in [-0.39, 0.29) is 22.4 Å². The van der Waals surface area contributed by atoms with E-state index >= 15 is 0 Å². The molecule has 0 aliphatic carbocycles. The molecular formula is C30H22Cl3N3O3S. The maximum Gasteiger partial charge on any atom is 0.272 e. The first-order valence-electron chi connectivity index (χ1n) is 11.9. The van der Waals surface area contributed by atoms with E-state index in [1.54, 1.807) is 97.1 Å². The van der Waals surface area contributed by atoms with E-state index in [4.69, 9.17) is 34.8 Å². The number of halogens is 3. The van der Waals surface area contributed by atoms with E-state index in [2.05, 4.69) is 16.0 Å². The zero-order valence-electron chi connectivity index (χ0n) is 20.8. The third kappa shape index (κ3) is 8.37. The number of hydrogen-bond donors (Lipinski definition) is 3. The highest BCUT2D eigenvalue weighted by Crippen LogP contribution is 2.27. The van der Waals surface area contributed by atoms with E-state index in [9.17, 15) is 14.4 Å². The third-order valence-electron chi connectivity index (χ3n) is 5.40. The molecule has 4 rings (SSSR count). The van der Waals surface area contributed by atoms with E-state index in [1.165, 1.54) is 17.8 Å². The average Bonchev–Trinajstić information content (AvgIpc) is 2.95. The van der Waals surface area contributed by atoms with Gasteiger partial charge in [0.05, 0.1) is 15.8 Å². The quantitative estimate of drug-likeness (QED) is 0.133. The molecule has 0 saturated heterocycles. The number of carbonyl (C=O) groups is 3. The van der Waals surface area contributed by atoms with Crippen molar-refractivity contribution in [1.29, 1.82) is 0 Å². The first kappa shape index (κ1) is 29.2. The van der Waals surface area contributed by atoms with Gasteiger partial charge in [0.25, 0.3) is 11.8 Å². The van der Waals surface area contributed by atoms with Gasteiger partial charge in [-0.1, -0.05) is 71.2 Å². The fraction of sp³-hybridized carbons (Fsp3) is 0.0333. The summed E-state index contributed by atoms with van der Waals surface area (Å²) >= 11 is 19.8. The van der Waals surface area contributed by atoms with E-state index in [1.807, 2.05) is 0 Å². The fourth-order valence-electron chi connectivity index (χ4n) is 3.47. The molecule has 3 amide bonds. The second-order valence-corrected chi connectivity index (χ2v) is 10.6. The molecule has 10 heteroatoms. The van der Waals surface area contributed by atoms with Crippen LogP contribution in [-0.2, 0) is 9.59 Å². The molecular weight excluding hydrogens is 589 g/mol. The summed E-state index contributed by atoms with van der Waals surface area (Å²) in [7, 11) is 0. The maximum absolute atomic E-state index is 13.2. The van der Waals surface area contributed by atoms with Crippen molar-refractivity contribution in [3.8, 4) is 0 Å². The van der Waals surface area contributed by atoms with Gasteiger partial charge >= 0.3 is 0 Å². The molecule has 0 atom stereocenters. The van der Waals surface area contributed by atoms with Gasteiger partial charge in [-0.05, 0) is 72.3 Å². The smallest absolute Gasteiger partial charge is 0.272 e. The number of benzene rings is 4. The Labute approximate surface area is 250 Å².